The summed E-state index contributed by atoms with van der Waals surface area (Å²) >= 11 is 0. The Hall–Kier alpha value is -5.46. The first kappa shape index (κ1) is 54.6. The second kappa shape index (κ2) is 28.2. The molecule has 0 saturated carbocycles. The number of hydrogen-bond acceptors (Lipinski definition) is 0. The van der Waals surface area contributed by atoms with Crippen LogP contribution in [0.4, 0.5) is 0 Å². The Morgan fingerprint density at radius 3 is 0.758 bits per heavy atom. The third-order valence-corrected chi connectivity index (χ3v) is 11.8. The summed E-state index contributed by atoms with van der Waals surface area (Å²) in [6, 6.07) is 47.0. The second-order valence-electron chi connectivity index (χ2n) is 17.5. The maximum Gasteiger partial charge on any atom is -0.0392 e. The van der Waals surface area contributed by atoms with E-state index >= 15 is 0 Å². The largest absolute Gasteiger partial charge is 0.0620 e. The van der Waals surface area contributed by atoms with Crippen LogP contribution in [0.3, 0.4) is 0 Å². The quantitative estimate of drug-likeness (QED) is 0.143. The Balaban J connectivity index is 0.000000362. The van der Waals surface area contributed by atoms with Gasteiger partial charge in [-0.1, -0.05) is 167 Å². The standard InChI is InChI=1S/2C10H14.2C9H12.3C8H10/c1-7-5-8(2)10(4)9(3)6-7;1-7-5-6-8(2)10(4)9(7)3;1-7-4-5-8(2)9(3)6-7;1-7-5-4-6-8(2)9(7)3;1-7-3-5-8(2)6-4-7;1-7-4-3-5-8(2)6-7;1-7-5-3-4-6-8(7)2/h2*5-6H,1-4H3;2*4-6H,1-3H3;3*3-6H,1-2H3. The van der Waals surface area contributed by atoms with Gasteiger partial charge in [-0.2, -0.15) is 0 Å². The van der Waals surface area contributed by atoms with Gasteiger partial charge in [-0.3, -0.25) is 0 Å². The van der Waals surface area contributed by atoms with Gasteiger partial charge in [-0.15, -0.1) is 0 Å². The van der Waals surface area contributed by atoms with Crippen LogP contribution < -0.4 is 0 Å². The second-order valence-corrected chi connectivity index (χ2v) is 17.5. The van der Waals surface area contributed by atoms with E-state index in [4.69, 9.17) is 0 Å². The molecule has 0 nitrogen and oxygen atoms in total. The molecule has 0 aromatic heterocycles. The maximum absolute atomic E-state index is 2.22. The molecule has 0 aliphatic carbocycles. The van der Waals surface area contributed by atoms with E-state index in [0.717, 1.165) is 0 Å². The molecule has 0 atom stereocenters. The lowest BCUT2D eigenvalue weighted by atomic mass is 10.0. The van der Waals surface area contributed by atoms with Crippen LogP contribution >= 0.6 is 0 Å². The minimum absolute atomic E-state index is 1.33. The lowest BCUT2D eigenvalue weighted by Crippen LogP contribution is -1.88. The molecule has 0 unspecified atom stereocenters. The summed E-state index contributed by atoms with van der Waals surface area (Å²) < 4.78 is 0. The number of hydrogen-bond donors (Lipinski definition) is 0. The van der Waals surface area contributed by atoms with Gasteiger partial charge in [-0.05, 0) is 216 Å². The third-order valence-electron chi connectivity index (χ3n) is 11.8. The molecule has 62 heavy (non-hydrogen) atoms. The van der Waals surface area contributed by atoms with E-state index in [-0.39, 0.29) is 0 Å². The van der Waals surface area contributed by atoms with Gasteiger partial charge in [0.15, 0.2) is 0 Å². The average Bonchev–Trinajstić information content (AvgIpc) is 3.22. The fourth-order valence-corrected chi connectivity index (χ4v) is 6.24. The van der Waals surface area contributed by atoms with E-state index in [0.29, 0.717) is 0 Å². The molecule has 0 saturated heterocycles. The maximum atomic E-state index is 2.22. The predicted octanol–water partition coefficient (Wildman–Crippen LogP) is 18.0. The van der Waals surface area contributed by atoms with Crippen molar-refractivity contribution in [1.29, 1.82) is 0 Å². The highest BCUT2D eigenvalue weighted by Gasteiger charge is 1.98. The Labute approximate surface area is 381 Å². The summed E-state index contributed by atoms with van der Waals surface area (Å²) in [6.07, 6.45) is 0. The smallest absolute Gasteiger partial charge is 0.0392 e. The monoisotopic (exact) mass is 827 g/mol. The van der Waals surface area contributed by atoms with Gasteiger partial charge < -0.3 is 0 Å². The average molecular weight is 827 g/mol. The Kier molecular flexibility index (Phi) is 24.8. The van der Waals surface area contributed by atoms with Crippen molar-refractivity contribution in [3.63, 3.8) is 0 Å². The van der Waals surface area contributed by atoms with Crippen LogP contribution in [0.5, 0.6) is 0 Å². The fourth-order valence-electron chi connectivity index (χ4n) is 6.24. The minimum atomic E-state index is 1.33. The van der Waals surface area contributed by atoms with Gasteiger partial charge in [0.1, 0.15) is 0 Å². The summed E-state index contributed by atoms with van der Waals surface area (Å²) in [5.41, 5.74) is 27.6. The van der Waals surface area contributed by atoms with Crippen LogP contribution in [-0.2, 0) is 0 Å². The van der Waals surface area contributed by atoms with E-state index in [2.05, 4.69) is 272 Å². The molecule has 0 heteroatoms. The fraction of sp³-hybridized carbons (Fsp3) is 0.323. The van der Waals surface area contributed by atoms with Gasteiger partial charge in [0.2, 0.25) is 0 Å². The van der Waals surface area contributed by atoms with Crippen molar-refractivity contribution in [1.82, 2.24) is 0 Å². The molecule has 330 valence electrons. The van der Waals surface area contributed by atoms with Crippen LogP contribution in [-0.4, -0.2) is 0 Å². The van der Waals surface area contributed by atoms with E-state index in [1.54, 1.807) is 0 Å². The number of aryl methyl sites for hydroxylation is 16. The van der Waals surface area contributed by atoms with Crippen LogP contribution in [0.1, 0.15) is 111 Å². The molecule has 0 amide bonds. The third kappa shape index (κ3) is 21.4. The summed E-state index contributed by atoms with van der Waals surface area (Å²) in [5, 5.41) is 0. The summed E-state index contributed by atoms with van der Waals surface area (Å²) in [7, 11) is 0. The summed E-state index contributed by atoms with van der Waals surface area (Å²) in [5.74, 6) is 0. The molecule has 7 aromatic carbocycles. The van der Waals surface area contributed by atoms with Crippen molar-refractivity contribution in [2.24, 2.45) is 0 Å². The molecule has 0 aliphatic heterocycles. The van der Waals surface area contributed by atoms with Crippen molar-refractivity contribution in [2.75, 3.05) is 0 Å². The highest BCUT2D eigenvalue weighted by Crippen LogP contribution is 2.16. The van der Waals surface area contributed by atoms with E-state index in [1.807, 2.05) is 0 Å². The molecule has 7 rings (SSSR count). The van der Waals surface area contributed by atoms with Crippen LogP contribution in [0, 0.1) is 138 Å². The summed E-state index contributed by atoms with van der Waals surface area (Å²) in [4.78, 5) is 0. The summed E-state index contributed by atoms with van der Waals surface area (Å²) in [6.45, 7) is 42.8. The van der Waals surface area contributed by atoms with Crippen LogP contribution in [0.25, 0.3) is 0 Å². The zero-order valence-corrected chi connectivity index (χ0v) is 42.7. The predicted molar refractivity (Wildman–Crippen MR) is 280 cm³/mol. The molecule has 0 heterocycles. The van der Waals surface area contributed by atoms with Gasteiger partial charge in [0.25, 0.3) is 0 Å². The normalized spacial score (nSPS) is 9.61. The molecule has 7 aromatic rings. The van der Waals surface area contributed by atoms with Crippen molar-refractivity contribution >= 4 is 0 Å². The van der Waals surface area contributed by atoms with Crippen molar-refractivity contribution < 1.29 is 0 Å². The first-order valence-corrected chi connectivity index (χ1v) is 22.3. The van der Waals surface area contributed by atoms with Crippen LogP contribution in [0.2, 0.25) is 0 Å². The van der Waals surface area contributed by atoms with Crippen molar-refractivity contribution in [3.05, 3.63) is 245 Å². The van der Waals surface area contributed by atoms with Gasteiger partial charge in [-0.25, -0.2) is 0 Å². The molecule has 0 radical (unpaired) electrons. The molecule has 0 spiro atoms. The SMILES string of the molecule is Cc1cc(C)c(C)c(C)c1.Cc1ccc(C)c(C)c1.Cc1ccc(C)c(C)c1C.Cc1ccc(C)cc1.Cc1cccc(C)c1.Cc1cccc(C)c1C.Cc1ccccc1C. The van der Waals surface area contributed by atoms with E-state index in [1.165, 1.54) is 111 Å². The van der Waals surface area contributed by atoms with Crippen molar-refractivity contribution in [3.8, 4) is 0 Å². The molecular weight excluding hydrogens is 745 g/mol. The van der Waals surface area contributed by atoms with Gasteiger partial charge >= 0.3 is 0 Å². The molecule has 0 N–H and O–H groups in total. The highest BCUT2D eigenvalue weighted by atomic mass is 14.0. The lowest BCUT2D eigenvalue weighted by molar-refractivity contribution is 1.22. The molecule has 0 aliphatic rings. The Bertz CT molecular complexity index is 2250. The first-order valence-electron chi connectivity index (χ1n) is 22.3. The Morgan fingerprint density at radius 1 is 0.161 bits per heavy atom. The first-order chi connectivity index (χ1) is 29.0. The Morgan fingerprint density at radius 2 is 0.435 bits per heavy atom. The van der Waals surface area contributed by atoms with E-state index in [9.17, 15) is 0 Å². The highest BCUT2D eigenvalue weighted by molar-refractivity contribution is 5.38. The number of rotatable bonds is 0. The van der Waals surface area contributed by atoms with Gasteiger partial charge in [0.05, 0.1) is 0 Å². The van der Waals surface area contributed by atoms with Crippen molar-refractivity contribution in [2.45, 2.75) is 138 Å². The number of benzene rings is 7. The van der Waals surface area contributed by atoms with Crippen LogP contribution in [0.15, 0.2) is 133 Å². The van der Waals surface area contributed by atoms with Gasteiger partial charge in [0, 0.05) is 0 Å². The molecule has 0 bridgehead atoms. The molecule has 0 fully saturated rings. The minimum Gasteiger partial charge on any atom is -0.0620 e. The zero-order valence-electron chi connectivity index (χ0n) is 42.7. The molecular formula is C62H82. The lowest BCUT2D eigenvalue weighted by Gasteiger charge is -2.06. The zero-order chi connectivity index (χ0) is 47.1. The van der Waals surface area contributed by atoms with E-state index < -0.39 is 0 Å². The topological polar surface area (TPSA) is 0 Å².